The number of hydrogen-bond acceptors (Lipinski definition) is 6. The van der Waals surface area contributed by atoms with Gasteiger partial charge in [0.2, 0.25) is 0 Å². The van der Waals surface area contributed by atoms with Crippen LogP contribution in [-0.2, 0) is 5.41 Å². The molecule has 1 unspecified atom stereocenters. The van der Waals surface area contributed by atoms with Gasteiger partial charge in [-0.05, 0) is 92.4 Å². The fraction of sp³-hybridized carbons (Fsp3) is 0.0968. The average Bonchev–Trinajstić information content (AvgIpc) is 3.39. The molecular weight excluding hydrogens is 798 g/mol. The number of carbonyl (C=O) groups is 4. The van der Waals surface area contributed by atoms with Crippen LogP contribution in [0, 0.1) is 10.1 Å². The fourth-order valence-electron chi connectivity index (χ4n) is 5.55. The smallest absolute Gasteiger partial charge is 0.268 e. The molecule has 1 atom stereocenters. The third-order valence-electron chi connectivity index (χ3n) is 8.08. The molecule has 16 heteroatoms. The molecule has 238 valence electrons. The van der Waals surface area contributed by atoms with Crippen LogP contribution >= 0.6 is 55.1 Å². The Kier molecular flexibility index (Phi) is 7.86. The Morgan fingerprint density at radius 2 is 1.17 bits per heavy atom. The lowest BCUT2D eigenvalue weighted by atomic mass is 9.74. The first-order valence-corrected chi connectivity index (χ1v) is 15.5. The molecule has 0 N–H and O–H groups in total. The van der Waals surface area contributed by atoms with Crippen LogP contribution in [-0.4, -0.2) is 34.7 Å². The van der Waals surface area contributed by atoms with Gasteiger partial charge in [0.25, 0.3) is 29.3 Å². The minimum atomic E-state index is -5.00. The molecule has 4 aromatic rings. The summed E-state index contributed by atoms with van der Waals surface area (Å²) in [6, 6.07) is 12.5. The number of alkyl halides is 3. The average molecular weight is 812 g/mol. The van der Waals surface area contributed by atoms with E-state index in [1.165, 1.54) is 18.2 Å². The van der Waals surface area contributed by atoms with Gasteiger partial charge in [-0.25, -0.2) is 9.80 Å². The number of hydrogen-bond donors (Lipinski definition) is 0. The van der Waals surface area contributed by atoms with E-state index in [1.54, 1.807) is 0 Å². The highest BCUT2D eigenvalue weighted by atomic mass is 79.9. The van der Waals surface area contributed by atoms with Crippen molar-refractivity contribution in [3.05, 3.63) is 129 Å². The van der Waals surface area contributed by atoms with Crippen molar-refractivity contribution in [2.24, 2.45) is 0 Å². The molecule has 0 saturated heterocycles. The first-order chi connectivity index (χ1) is 22.0. The Bertz CT molecular complexity index is 2120. The summed E-state index contributed by atoms with van der Waals surface area (Å²) in [6.07, 6.45) is -5.00. The van der Waals surface area contributed by atoms with Gasteiger partial charge < -0.3 is 0 Å². The molecule has 0 fully saturated rings. The highest BCUT2D eigenvalue weighted by Crippen LogP contribution is 2.49. The summed E-state index contributed by atoms with van der Waals surface area (Å²) in [4.78, 5) is 65.6. The molecule has 0 bridgehead atoms. The largest absolute Gasteiger partial charge is 0.402 e. The van der Waals surface area contributed by atoms with E-state index in [1.807, 2.05) is 0 Å². The third kappa shape index (κ3) is 4.96. The van der Waals surface area contributed by atoms with Crippen LogP contribution in [0.25, 0.3) is 0 Å². The van der Waals surface area contributed by atoms with Crippen molar-refractivity contribution >= 4 is 95.8 Å². The topological polar surface area (TPSA) is 118 Å². The predicted molar refractivity (Wildman–Crippen MR) is 173 cm³/mol. The van der Waals surface area contributed by atoms with Crippen molar-refractivity contribution in [1.82, 2.24) is 0 Å². The monoisotopic (exact) mass is 809 g/mol. The number of nitro groups is 1. The molecule has 0 saturated carbocycles. The zero-order valence-electron chi connectivity index (χ0n) is 23.3. The molecule has 0 aromatic heterocycles. The number of carbonyl (C=O) groups excluding carboxylic acids is 4. The van der Waals surface area contributed by atoms with E-state index in [0.717, 1.165) is 60.4 Å². The Balaban J connectivity index is 1.43. The molecule has 0 spiro atoms. The lowest BCUT2D eigenvalue weighted by Gasteiger charge is -2.33. The molecule has 6 rings (SSSR count). The molecule has 9 nitrogen and oxygen atoms in total. The molecule has 47 heavy (non-hydrogen) atoms. The van der Waals surface area contributed by atoms with Gasteiger partial charge in [0.15, 0.2) is 0 Å². The van der Waals surface area contributed by atoms with Crippen molar-refractivity contribution < 1.29 is 37.3 Å². The zero-order chi connectivity index (χ0) is 34.3. The molecule has 0 radical (unpaired) electrons. The van der Waals surface area contributed by atoms with Gasteiger partial charge in [0, 0.05) is 26.1 Å². The predicted octanol–water partition coefficient (Wildman–Crippen LogP) is 8.90. The summed E-state index contributed by atoms with van der Waals surface area (Å²) in [5, 5.41) is 11.5. The lowest BCUT2D eigenvalue weighted by Crippen LogP contribution is -2.41. The molecule has 4 aromatic carbocycles. The Morgan fingerprint density at radius 1 is 0.702 bits per heavy atom. The van der Waals surface area contributed by atoms with Gasteiger partial charge in [0.1, 0.15) is 5.41 Å². The number of fused-ring (bicyclic) bond motifs is 2. The van der Waals surface area contributed by atoms with Gasteiger partial charge in [-0.15, -0.1) is 0 Å². The number of non-ortho nitro benzene ring substituents is 1. The summed E-state index contributed by atoms with van der Waals surface area (Å²) in [5.74, 6) is -3.51. The number of imide groups is 2. The summed E-state index contributed by atoms with van der Waals surface area (Å²) < 4.78 is 45.3. The van der Waals surface area contributed by atoms with Crippen molar-refractivity contribution in [3.8, 4) is 0 Å². The van der Waals surface area contributed by atoms with Crippen molar-refractivity contribution in [2.75, 3.05) is 9.80 Å². The maximum atomic E-state index is 15.1. The number of benzene rings is 4. The highest BCUT2D eigenvalue weighted by molar-refractivity contribution is 9.11. The number of nitrogens with zero attached hydrogens (tertiary/aromatic N) is 3. The van der Waals surface area contributed by atoms with Gasteiger partial charge >= 0.3 is 6.18 Å². The van der Waals surface area contributed by atoms with Crippen LogP contribution in [0.4, 0.5) is 30.2 Å². The molecular formula is C31H14Br2Cl2F3N3O6. The summed E-state index contributed by atoms with van der Waals surface area (Å²) >= 11 is 18.4. The third-order valence-corrected chi connectivity index (χ3v) is 9.83. The van der Waals surface area contributed by atoms with Crippen LogP contribution in [0.3, 0.4) is 0 Å². The second kappa shape index (κ2) is 11.3. The highest BCUT2D eigenvalue weighted by Gasteiger charge is 2.55. The van der Waals surface area contributed by atoms with Crippen LogP contribution < -0.4 is 9.80 Å². The lowest BCUT2D eigenvalue weighted by molar-refractivity contribution is -0.385. The fourth-order valence-corrected chi connectivity index (χ4v) is 7.56. The van der Waals surface area contributed by atoms with E-state index >= 15 is 13.2 Å². The van der Waals surface area contributed by atoms with E-state index in [9.17, 15) is 29.3 Å². The van der Waals surface area contributed by atoms with E-state index in [4.69, 9.17) is 23.2 Å². The quantitative estimate of drug-likeness (QED) is 0.113. The number of anilines is 2. The first kappa shape index (κ1) is 32.8. The van der Waals surface area contributed by atoms with Gasteiger partial charge in [-0.3, -0.25) is 29.3 Å². The molecule has 2 heterocycles. The van der Waals surface area contributed by atoms with E-state index < -0.39 is 51.3 Å². The molecule has 2 aliphatic rings. The van der Waals surface area contributed by atoms with Crippen LogP contribution in [0.1, 0.15) is 59.5 Å². The maximum absolute atomic E-state index is 15.1. The van der Waals surface area contributed by atoms with E-state index in [0.29, 0.717) is 4.90 Å². The first-order valence-electron chi connectivity index (χ1n) is 13.2. The Morgan fingerprint density at radius 3 is 1.64 bits per heavy atom. The Labute approximate surface area is 289 Å². The standard InChI is InChI=1S/C31H14Br2Cl2F3N3O6/c1-30(31(36,37)38,13-2-5-17-19(8-13)28(44)39(26(17)42)24-7-4-15(34)10-23(24)35)14-3-6-18-20(9-14)29(45)40(27(18)43)25-21(32)11-16(41(46)47)12-22(25)33/h2-12H,1H3. The number of amides is 4. The zero-order valence-corrected chi connectivity index (χ0v) is 28.0. The van der Waals surface area contributed by atoms with Crippen molar-refractivity contribution in [1.29, 1.82) is 0 Å². The Hall–Kier alpha value is -4.11. The van der Waals surface area contributed by atoms with Crippen molar-refractivity contribution in [2.45, 2.75) is 18.5 Å². The van der Waals surface area contributed by atoms with Crippen molar-refractivity contribution in [3.63, 3.8) is 0 Å². The van der Waals surface area contributed by atoms with Crippen LogP contribution in [0.2, 0.25) is 10.0 Å². The van der Waals surface area contributed by atoms with Crippen LogP contribution in [0.15, 0.2) is 75.7 Å². The van der Waals surface area contributed by atoms with Gasteiger partial charge in [-0.1, -0.05) is 35.3 Å². The minimum Gasteiger partial charge on any atom is -0.268 e. The normalized spacial score (nSPS) is 15.7. The van der Waals surface area contributed by atoms with E-state index in [-0.39, 0.29) is 58.3 Å². The second-order valence-electron chi connectivity index (χ2n) is 10.6. The minimum absolute atomic E-state index is 0.0000466. The summed E-state index contributed by atoms with van der Waals surface area (Å²) in [6.45, 7) is 0.855. The second-order valence-corrected chi connectivity index (χ2v) is 13.2. The molecule has 4 amide bonds. The maximum Gasteiger partial charge on any atom is 0.402 e. The number of halogens is 7. The van der Waals surface area contributed by atoms with Gasteiger partial charge in [0.05, 0.1) is 43.6 Å². The van der Waals surface area contributed by atoms with E-state index in [2.05, 4.69) is 31.9 Å². The summed E-state index contributed by atoms with van der Waals surface area (Å²) in [7, 11) is 0. The van der Waals surface area contributed by atoms with Gasteiger partial charge in [-0.2, -0.15) is 13.2 Å². The van der Waals surface area contributed by atoms with Crippen LogP contribution in [0.5, 0.6) is 0 Å². The SMILES string of the molecule is CC(c1ccc2c(c1)C(=O)N(c1ccc(Cl)cc1Cl)C2=O)(c1ccc2c(c1)C(=O)N(c1c(Br)cc([N+](=O)[O-])cc1Br)C2=O)C(F)(F)F. The molecule has 0 aliphatic carbocycles. The number of rotatable bonds is 5. The summed E-state index contributed by atoms with van der Waals surface area (Å²) in [5.41, 5.74) is -5.06. The number of nitro benzene ring substituents is 1. The molecule has 2 aliphatic heterocycles.